The standard InChI is InChI=1S/C35H54N4O8.C5H9NOS/c1-5-32-33(6-2)47-22-18-39(31(14-13-26(3)4)28-10-8-12-30(37-28)35(42)43)17-20-45-24-23-44-19-15-38(16-21-46-32)25-27-9-7-11-29(36-27)34(40)41;1-5(2,3-7)8-4-6/h7-12,26,31-33H,5-6,13-25H2,1-4H3,(H,40,41)(H,42,43);7H,3H2,1-2H3. The van der Waals surface area contributed by atoms with Gasteiger partial charge in [-0.25, -0.2) is 19.6 Å². The Balaban J connectivity index is 0.00000117. The Kier molecular flexibility index (Phi) is 23.2. The Morgan fingerprint density at radius 2 is 1.40 bits per heavy atom. The van der Waals surface area contributed by atoms with Gasteiger partial charge in [-0.2, -0.15) is 5.26 Å². The van der Waals surface area contributed by atoms with Crippen LogP contribution in [0.2, 0.25) is 0 Å². The van der Waals surface area contributed by atoms with Gasteiger partial charge in [0, 0.05) is 37.5 Å². The van der Waals surface area contributed by atoms with E-state index in [1.54, 1.807) is 12.1 Å². The van der Waals surface area contributed by atoms with E-state index in [1.807, 2.05) is 31.4 Å². The number of aromatic nitrogens is 2. The molecule has 3 unspecified atom stereocenters. The number of hydrogen-bond donors (Lipinski definition) is 3. The quantitative estimate of drug-likeness (QED) is 0.208. The first-order valence-corrected chi connectivity index (χ1v) is 20.1. The van der Waals surface area contributed by atoms with Crippen LogP contribution in [-0.4, -0.2) is 136 Å². The Morgan fingerprint density at radius 1 is 0.855 bits per heavy atom. The largest absolute Gasteiger partial charge is 0.477 e. The van der Waals surface area contributed by atoms with E-state index in [0.29, 0.717) is 84.0 Å². The monoisotopic (exact) mass is 789 g/mol. The maximum Gasteiger partial charge on any atom is 0.354 e. The molecule has 2 aromatic rings. The number of thiocyanates is 1. The van der Waals surface area contributed by atoms with Crippen molar-refractivity contribution in [1.29, 1.82) is 5.26 Å². The van der Waals surface area contributed by atoms with Crippen molar-refractivity contribution in [2.45, 2.75) is 96.8 Å². The van der Waals surface area contributed by atoms with E-state index in [1.165, 1.54) is 12.1 Å². The first kappa shape index (κ1) is 48.0. The van der Waals surface area contributed by atoms with E-state index in [9.17, 15) is 19.8 Å². The summed E-state index contributed by atoms with van der Waals surface area (Å²) in [5.41, 5.74) is 1.49. The number of carboxylic acid groups (broad SMARTS) is 2. The van der Waals surface area contributed by atoms with Crippen molar-refractivity contribution in [3.8, 4) is 5.40 Å². The molecule has 15 heteroatoms. The summed E-state index contributed by atoms with van der Waals surface area (Å²) in [5.74, 6) is -1.60. The van der Waals surface area contributed by atoms with E-state index in [-0.39, 0.29) is 41.0 Å². The molecule has 1 aliphatic heterocycles. The third kappa shape index (κ3) is 19.0. The molecule has 0 aliphatic carbocycles. The van der Waals surface area contributed by atoms with Crippen LogP contribution in [0, 0.1) is 16.6 Å². The number of nitrogens with zero attached hydrogens (tertiary/aromatic N) is 5. The second-order valence-electron chi connectivity index (χ2n) is 14.3. The maximum atomic E-state index is 11.7. The summed E-state index contributed by atoms with van der Waals surface area (Å²) in [7, 11) is 0. The molecule has 55 heavy (non-hydrogen) atoms. The van der Waals surface area contributed by atoms with Crippen molar-refractivity contribution in [2.24, 2.45) is 5.92 Å². The Hall–Kier alpha value is -3.20. The van der Waals surface area contributed by atoms with Crippen LogP contribution in [0.3, 0.4) is 0 Å². The predicted octanol–water partition coefficient (Wildman–Crippen LogP) is 5.76. The van der Waals surface area contributed by atoms with Crippen LogP contribution in [0.25, 0.3) is 0 Å². The molecule has 1 fully saturated rings. The van der Waals surface area contributed by atoms with Crippen LogP contribution in [0.1, 0.15) is 106 Å². The number of aliphatic hydroxyl groups excluding tert-OH is 1. The van der Waals surface area contributed by atoms with Gasteiger partial charge in [-0.1, -0.05) is 39.8 Å². The molecule has 0 spiro atoms. The van der Waals surface area contributed by atoms with E-state index in [4.69, 9.17) is 29.3 Å². The summed E-state index contributed by atoms with van der Waals surface area (Å²) in [6, 6.07) is 10.2. The molecule has 1 saturated heterocycles. The normalized spacial score (nSPS) is 19.6. The highest BCUT2D eigenvalue weighted by Gasteiger charge is 2.25. The van der Waals surface area contributed by atoms with Crippen molar-refractivity contribution in [2.75, 3.05) is 72.4 Å². The smallest absolute Gasteiger partial charge is 0.354 e. The molecule has 3 N–H and O–H groups in total. The number of hydrogen-bond acceptors (Lipinski definition) is 13. The van der Waals surface area contributed by atoms with Gasteiger partial charge in [-0.3, -0.25) is 9.80 Å². The highest BCUT2D eigenvalue weighted by Crippen LogP contribution is 2.27. The summed E-state index contributed by atoms with van der Waals surface area (Å²) >= 11 is 1.09. The van der Waals surface area contributed by atoms with E-state index >= 15 is 0 Å². The summed E-state index contributed by atoms with van der Waals surface area (Å²) in [6.45, 7) is 18.1. The third-order valence-corrected chi connectivity index (χ3v) is 9.79. The molecule has 3 rings (SSSR count). The molecule has 1 aliphatic rings. The van der Waals surface area contributed by atoms with E-state index < -0.39 is 11.9 Å². The molecule has 3 heterocycles. The predicted molar refractivity (Wildman–Crippen MR) is 212 cm³/mol. The first-order valence-electron chi connectivity index (χ1n) is 19.3. The lowest BCUT2D eigenvalue weighted by Gasteiger charge is -2.33. The number of aromatic carboxylic acids is 2. The SMILES string of the molecule is CC(C)(CO)SC#N.CCC1OCCN(Cc2cccc(C(=O)O)n2)CCOCCOCCN(C(CCC(C)C)c2cccc(C(=O)O)n2)CCOC1CC. The highest BCUT2D eigenvalue weighted by atomic mass is 32.2. The molecule has 0 amide bonds. The van der Waals surface area contributed by atoms with Gasteiger partial charge in [0.2, 0.25) is 0 Å². The molecule has 2 aromatic heterocycles. The van der Waals surface area contributed by atoms with Crippen molar-refractivity contribution in [3.05, 3.63) is 59.2 Å². The lowest BCUT2D eigenvalue weighted by molar-refractivity contribution is -0.0861. The number of rotatable bonds is 13. The van der Waals surface area contributed by atoms with Gasteiger partial charge in [-0.15, -0.1) is 0 Å². The molecule has 0 aromatic carbocycles. The Morgan fingerprint density at radius 3 is 1.95 bits per heavy atom. The molecular weight excluding hydrogens is 727 g/mol. The summed E-state index contributed by atoms with van der Waals surface area (Å²) in [4.78, 5) is 36.4. The molecule has 0 saturated carbocycles. The lowest BCUT2D eigenvalue weighted by atomic mass is 9.99. The molecule has 0 bridgehead atoms. The van der Waals surface area contributed by atoms with Crippen LogP contribution < -0.4 is 0 Å². The lowest BCUT2D eigenvalue weighted by Crippen LogP contribution is -2.39. The Labute approximate surface area is 331 Å². The number of pyridine rings is 2. The zero-order valence-corrected chi connectivity index (χ0v) is 34.3. The second-order valence-corrected chi connectivity index (χ2v) is 15.8. The van der Waals surface area contributed by atoms with Crippen LogP contribution in [0.5, 0.6) is 0 Å². The van der Waals surface area contributed by atoms with E-state index in [0.717, 1.165) is 43.1 Å². The van der Waals surface area contributed by atoms with Gasteiger partial charge in [0.15, 0.2) is 0 Å². The van der Waals surface area contributed by atoms with Crippen molar-refractivity contribution in [1.82, 2.24) is 19.8 Å². The van der Waals surface area contributed by atoms with Gasteiger partial charge >= 0.3 is 11.9 Å². The average molecular weight is 790 g/mol. The van der Waals surface area contributed by atoms with Gasteiger partial charge in [0.25, 0.3) is 0 Å². The molecule has 14 nitrogen and oxygen atoms in total. The molecular formula is C40H63N5O9S. The number of nitriles is 1. The number of aliphatic hydroxyl groups is 1. The fourth-order valence-electron chi connectivity index (χ4n) is 5.86. The number of ether oxygens (including phenoxy) is 4. The van der Waals surface area contributed by atoms with Crippen LogP contribution in [0.4, 0.5) is 0 Å². The van der Waals surface area contributed by atoms with Gasteiger partial charge in [0.1, 0.15) is 16.8 Å². The zero-order chi connectivity index (χ0) is 40.6. The van der Waals surface area contributed by atoms with Crippen molar-refractivity contribution < 1.29 is 43.9 Å². The fourth-order valence-corrected chi connectivity index (χ4v) is 6.17. The van der Waals surface area contributed by atoms with Crippen LogP contribution in [-0.2, 0) is 25.5 Å². The molecule has 3 atom stereocenters. The van der Waals surface area contributed by atoms with Gasteiger partial charge < -0.3 is 34.3 Å². The fraction of sp³-hybridized carbons (Fsp3) is 0.675. The van der Waals surface area contributed by atoms with Crippen LogP contribution in [0.15, 0.2) is 36.4 Å². The third-order valence-electron chi connectivity index (χ3n) is 9.02. The topological polar surface area (TPSA) is 188 Å². The van der Waals surface area contributed by atoms with Crippen LogP contribution >= 0.6 is 11.8 Å². The van der Waals surface area contributed by atoms with Crippen molar-refractivity contribution >= 4 is 23.7 Å². The average Bonchev–Trinajstić information content (AvgIpc) is 3.16. The summed E-state index contributed by atoms with van der Waals surface area (Å²) < 4.78 is 24.5. The minimum atomic E-state index is -1.05. The minimum absolute atomic E-state index is 0.0253. The van der Waals surface area contributed by atoms with E-state index in [2.05, 4.69) is 47.5 Å². The molecule has 0 radical (unpaired) electrons. The number of carbonyl (C=O) groups is 2. The zero-order valence-electron chi connectivity index (χ0n) is 33.5. The van der Waals surface area contributed by atoms with Crippen molar-refractivity contribution in [3.63, 3.8) is 0 Å². The summed E-state index contributed by atoms with van der Waals surface area (Å²) in [5, 5.41) is 37.6. The molecule has 308 valence electrons. The second kappa shape index (κ2) is 26.6. The number of thioether (sulfide) groups is 1. The van der Waals surface area contributed by atoms with Gasteiger partial charge in [0.05, 0.1) is 75.9 Å². The summed E-state index contributed by atoms with van der Waals surface area (Å²) in [6.07, 6.45) is 3.21. The number of carboxylic acids is 2. The highest BCUT2D eigenvalue weighted by molar-refractivity contribution is 8.05. The maximum absolute atomic E-state index is 11.7. The minimum Gasteiger partial charge on any atom is -0.477 e. The van der Waals surface area contributed by atoms with Gasteiger partial charge in [-0.05, 0) is 81.5 Å². The Bertz CT molecular complexity index is 1440. The first-order chi connectivity index (χ1) is 26.3.